The molecule has 0 spiro atoms. The monoisotopic (exact) mass is 983 g/mol. The molecule has 0 fully saturated rings. The van der Waals surface area contributed by atoms with Crippen molar-refractivity contribution in [2.45, 2.75) is 258 Å². The highest BCUT2D eigenvalue weighted by molar-refractivity contribution is 5.71. The van der Waals surface area contributed by atoms with Crippen molar-refractivity contribution in [3.63, 3.8) is 0 Å². The molecule has 0 aromatic rings. The van der Waals surface area contributed by atoms with Crippen LogP contribution in [0.5, 0.6) is 0 Å². The Hall–Kier alpha value is -4.19. The predicted octanol–water partition coefficient (Wildman–Crippen LogP) is 19.6. The first-order valence-corrected chi connectivity index (χ1v) is 29.0. The van der Waals surface area contributed by atoms with Gasteiger partial charge in [-0.1, -0.05) is 232 Å². The van der Waals surface area contributed by atoms with Crippen LogP contribution in [0.1, 0.15) is 252 Å². The zero-order chi connectivity index (χ0) is 51.4. The van der Waals surface area contributed by atoms with E-state index in [1.807, 2.05) is 6.08 Å². The summed E-state index contributed by atoms with van der Waals surface area (Å²) >= 11 is 0. The molecule has 0 aromatic carbocycles. The summed E-state index contributed by atoms with van der Waals surface area (Å²) in [6.45, 7) is 6.39. The first-order valence-electron chi connectivity index (χ1n) is 29.0. The third-order valence-corrected chi connectivity index (χ3v) is 11.9. The lowest BCUT2D eigenvalue weighted by molar-refractivity contribution is -0.166. The van der Waals surface area contributed by atoms with Crippen molar-refractivity contribution in [2.75, 3.05) is 13.2 Å². The molecule has 0 aliphatic heterocycles. The van der Waals surface area contributed by atoms with E-state index in [9.17, 15) is 14.4 Å². The molecule has 0 bridgehead atoms. The first kappa shape index (κ1) is 66.8. The topological polar surface area (TPSA) is 78.9 Å². The molecule has 0 saturated carbocycles. The molecular weight excluding hydrogens is 877 g/mol. The van der Waals surface area contributed by atoms with Gasteiger partial charge in [-0.3, -0.25) is 14.4 Å². The van der Waals surface area contributed by atoms with E-state index in [-0.39, 0.29) is 37.5 Å². The van der Waals surface area contributed by atoms with Gasteiger partial charge in [-0.05, 0) is 122 Å². The van der Waals surface area contributed by atoms with E-state index in [0.29, 0.717) is 25.7 Å². The largest absolute Gasteiger partial charge is 0.462 e. The van der Waals surface area contributed by atoms with Gasteiger partial charge in [-0.2, -0.15) is 0 Å². The Morgan fingerprint density at radius 2 is 0.577 bits per heavy atom. The highest BCUT2D eigenvalue weighted by Crippen LogP contribution is 2.14. The third kappa shape index (κ3) is 56.6. The maximum atomic E-state index is 12.9. The van der Waals surface area contributed by atoms with Gasteiger partial charge in [0.25, 0.3) is 0 Å². The summed E-state index contributed by atoms with van der Waals surface area (Å²) in [5, 5.41) is 0. The smallest absolute Gasteiger partial charge is 0.306 e. The van der Waals surface area contributed by atoms with E-state index in [1.165, 1.54) is 116 Å². The Bertz CT molecular complexity index is 1500. The normalized spacial score (nSPS) is 13.0. The van der Waals surface area contributed by atoms with Crippen LogP contribution in [0.15, 0.2) is 122 Å². The van der Waals surface area contributed by atoms with Crippen LogP contribution in [0.25, 0.3) is 0 Å². The number of rotatable bonds is 51. The fourth-order valence-corrected chi connectivity index (χ4v) is 7.59. The van der Waals surface area contributed by atoms with Crippen LogP contribution < -0.4 is 0 Å². The average Bonchev–Trinajstić information content (AvgIpc) is 3.37. The van der Waals surface area contributed by atoms with Crippen molar-refractivity contribution >= 4 is 17.9 Å². The lowest BCUT2D eigenvalue weighted by Gasteiger charge is -2.18. The number of hydrogen-bond donors (Lipinski definition) is 0. The number of unbranched alkanes of at least 4 members (excludes halogenated alkanes) is 20. The fraction of sp³-hybridized carbons (Fsp3) is 0.646. The summed E-state index contributed by atoms with van der Waals surface area (Å²) in [4.78, 5) is 38.1. The molecule has 0 aliphatic rings. The molecule has 6 heteroatoms. The molecule has 6 nitrogen and oxygen atoms in total. The first-order chi connectivity index (χ1) is 35.0. The molecule has 402 valence electrons. The SMILES string of the molecule is CC/C=C\C/C=C\C/C=C\C/C=C\C/C=C\C/C=C\CCC(=O)OC[C@H](COC(=O)CCCC/C=C\C/C=C\C/C=C\CCCCC)OC(=O)CCCCCCCCCCC/C=C\CCCCCCCC. The van der Waals surface area contributed by atoms with Crippen LogP contribution >= 0.6 is 0 Å². The molecule has 71 heavy (non-hydrogen) atoms. The van der Waals surface area contributed by atoms with Gasteiger partial charge in [0.2, 0.25) is 0 Å². The summed E-state index contributed by atoms with van der Waals surface area (Å²) in [7, 11) is 0. The Morgan fingerprint density at radius 1 is 0.296 bits per heavy atom. The van der Waals surface area contributed by atoms with Gasteiger partial charge in [0.15, 0.2) is 6.10 Å². The summed E-state index contributed by atoms with van der Waals surface area (Å²) in [6, 6.07) is 0. The molecule has 0 aliphatic carbocycles. The molecule has 0 saturated heterocycles. The van der Waals surface area contributed by atoms with Crippen molar-refractivity contribution in [3.8, 4) is 0 Å². The molecule has 0 unspecified atom stereocenters. The zero-order valence-electron chi connectivity index (χ0n) is 45.9. The van der Waals surface area contributed by atoms with Gasteiger partial charge >= 0.3 is 17.9 Å². The Kier molecular flexibility index (Phi) is 54.9. The molecular formula is C65H106O6. The van der Waals surface area contributed by atoms with Gasteiger partial charge in [-0.15, -0.1) is 0 Å². The van der Waals surface area contributed by atoms with Crippen molar-refractivity contribution in [2.24, 2.45) is 0 Å². The predicted molar refractivity (Wildman–Crippen MR) is 306 cm³/mol. The van der Waals surface area contributed by atoms with Gasteiger partial charge in [0.1, 0.15) is 13.2 Å². The van der Waals surface area contributed by atoms with E-state index in [2.05, 4.69) is 136 Å². The number of ether oxygens (including phenoxy) is 3. The van der Waals surface area contributed by atoms with Gasteiger partial charge in [0, 0.05) is 19.3 Å². The number of carbonyl (C=O) groups excluding carboxylic acids is 3. The van der Waals surface area contributed by atoms with Crippen LogP contribution in [-0.4, -0.2) is 37.2 Å². The Morgan fingerprint density at radius 3 is 1.01 bits per heavy atom. The van der Waals surface area contributed by atoms with Crippen LogP contribution in [-0.2, 0) is 28.6 Å². The lowest BCUT2D eigenvalue weighted by Crippen LogP contribution is -2.30. The maximum Gasteiger partial charge on any atom is 0.306 e. The molecule has 1 atom stereocenters. The van der Waals surface area contributed by atoms with Crippen molar-refractivity contribution in [1.29, 1.82) is 0 Å². The summed E-state index contributed by atoms with van der Waals surface area (Å²) in [5.74, 6) is -1.05. The number of carbonyl (C=O) groups is 3. The van der Waals surface area contributed by atoms with Gasteiger partial charge in [-0.25, -0.2) is 0 Å². The summed E-state index contributed by atoms with van der Waals surface area (Å²) in [5.41, 5.74) is 0. The average molecular weight is 984 g/mol. The number of hydrogen-bond acceptors (Lipinski definition) is 6. The van der Waals surface area contributed by atoms with Gasteiger partial charge < -0.3 is 14.2 Å². The minimum Gasteiger partial charge on any atom is -0.462 e. The van der Waals surface area contributed by atoms with E-state index in [4.69, 9.17) is 14.2 Å². The standard InChI is InChI=1S/C65H106O6/c1-4-7-10-13-16-19-22-25-28-30-32-34-37-40-43-46-49-52-55-58-64(67)70-61-62(60-69-63(66)57-54-51-48-45-42-39-36-27-24-21-18-15-12-9-6-3)71-65(68)59-56-53-50-47-44-41-38-35-33-31-29-26-23-20-17-14-11-8-5-2/h7,10,16,18-19,21,25-29,32,34,36,40,42-43,45,49,52,62H,4-6,8-9,11-15,17,20,22-24,30-31,33,35,37-39,41,44,46-48,50-51,53-61H2,1-3H3/b10-7-,19-16-,21-18-,28-25-,29-26-,34-32-,36-27-,43-40-,45-42-,52-49-/t62-/m0/s1. The molecule has 0 aromatic heterocycles. The minimum absolute atomic E-state index is 0.124. The molecule has 0 radical (unpaired) electrons. The summed E-state index contributed by atoms with van der Waals surface area (Å²) in [6.07, 6.45) is 80.6. The second-order valence-corrected chi connectivity index (χ2v) is 18.8. The molecule has 0 heterocycles. The quantitative estimate of drug-likeness (QED) is 0.0261. The van der Waals surface area contributed by atoms with E-state index < -0.39 is 6.10 Å². The minimum atomic E-state index is -0.829. The highest BCUT2D eigenvalue weighted by Gasteiger charge is 2.19. The van der Waals surface area contributed by atoms with Crippen LogP contribution in [0, 0.1) is 0 Å². The van der Waals surface area contributed by atoms with Crippen molar-refractivity contribution in [1.82, 2.24) is 0 Å². The van der Waals surface area contributed by atoms with Crippen molar-refractivity contribution < 1.29 is 28.6 Å². The second kappa shape index (κ2) is 58.4. The van der Waals surface area contributed by atoms with Crippen LogP contribution in [0.4, 0.5) is 0 Å². The van der Waals surface area contributed by atoms with Gasteiger partial charge in [0.05, 0.1) is 0 Å². The molecule has 0 rings (SSSR count). The number of esters is 3. The van der Waals surface area contributed by atoms with E-state index in [0.717, 1.165) is 83.5 Å². The van der Waals surface area contributed by atoms with Crippen LogP contribution in [0.2, 0.25) is 0 Å². The summed E-state index contributed by atoms with van der Waals surface area (Å²) < 4.78 is 16.8. The van der Waals surface area contributed by atoms with Crippen LogP contribution in [0.3, 0.4) is 0 Å². The Balaban J connectivity index is 4.55. The van der Waals surface area contributed by atoms with E-state index in [1.54, 1.807) is 0 Å². The lowest BCUT2D eigenvalue weighted by atomic mass is 10.1. The second-order valence-electron chi connectivity index (χ2n) is 18.8. The van der Waals surface area contributed by atoms with E-state index >= 15 is 0 Å². The highest BCUT2D eigenvalue weighted by atomic mass is 16.6. The maximum absolute atomic E-state index is 12.9. The van der Waals surface area contributed by atoms with Crippen molar-refractivity contribution in [3.05, 3.63) is 122 Å². The molecule has 0 N–H and O–H groups in total. The fourth-order valence-electron chi connectivity index (χ4n) is 7.59. The Labute approximate surface area is 437 Å². The zero-order valence-corrected chi connectivity index (χ0v) is 45.9. The molecule has 0 amide bonds. The third-order valence-electron chi connectivity index (χ3n) is 11.9. The number of allylic oxidation sites excluding steroid dienone is 20.